The summed E-state index contributed by atoms with van der Waals surface area (Å²) in [4.78, 5) is 5.23. The lowest BCUT2D eigenvalue weighted by molar-refractivity contribution is 1.16. The van der Waals surface area contributed by atoms with Crippen LogP contribution in [0.25, 0.3) is 121 Å². The molecule has 0 radical (unpaired) electrons. The molecule has 15 aromatic rings. The Morgan fingerprint density at radius 1 is 0.273 bits per heavy atom. The zero-order valence-electron chi connectivity index (χ0n) is 41.6. The Kier molecular flexibility index (Phi) is 9.41. The highest BCUT2D eigenvalue weighted by molar-refractivity contribution is 8.01. The van der Waals surface area contributed by atoms with Crippen molar-refractivity contribution in [3.05, 3.63) is 261 Å². The summed E-state index contributed by atoms with van der Waals surface area (Å²) < 4.78 is 4.92. The summed E-state index contributed by atoms with van der Waals surface area (Å²) in [6.45, 7) is 0.0636. The van der Waals surface area contributed by atoms with Crippen LogP contribution in [0.2, 0.25) is 0 Å². The van der Waals surface area contributed by atoms with Gasteiger partial charge >= 0.3 is 0 Å². The van der Waals surface area contributed by atoms with E-state index in [1.54, 1.807) is 0 Å². The first-order valence-corrected chi connectivity index (χ1v) is 28.1. The summed E-state index contributed by atoms with van der Waals surface area (Å²) in [5.74, 6) is 0. The highest BCUT2D eigenvalue weighted by Gasteiger charge is 2.39. The monoisotopic (exact) mass is 1010 g/mol. The van der Waals surface area contributed by atoms with Gasteiger partial charge in [-0.15, -0.1) is 0 Å². The molecule has 4 heterocycles. The van der Waals surface area contributed by atoms with Crippen molar-refractivity contribution in [3.63, 3.8) is 0 Å². The molecule has 0 saturated carbocycles. The van der Waals surface area contributed by atoms with Gasteiger partial charge in [0, 0.05) is 52.5 Å². The number of nitrogens with zero attached hydrogens (tertiary/aromatic N) is 2. The van der Waals surface area contributed by atoms with Gasteiger partial charge in [-0.1, -0.05) is 235 Å². The molecule has 2 nitrogen and oxygen atoms in total. The Labute approximate surface area is 453 Å². The second-order valence-corrected chi connectivity index (χ2v) is 22.8. The van der Waals surface area contributed by atoms with Crippen molar-refractivity contribution in [2.45, 2.75) is 19.6 Å². The van der Waals surface area contributed by atoms with Gasteiger partial charge in [0.2, 0.25) is 6.71 Å². The van der Waals surface area contributed by atoms with Crippen LogP contribution in [0.5, 0.6) is 0 Å². The molecule has 0 unspecified atom stereocenters. The zero-order valence-corrected chi connectivity index (χ0v) is 43.2. The van der Waals surface area contributed by atoms with Crippen LogP contribution in [0.1, 0.15) is 0 Å². The molecule has 77 heavy (non-hydrogen) atoms. The number of benzene rings is 13. The third kappa shape index (κ3) is 6.42. The molecule has 0 saturated heterocycles. The third-order valence-electron chi connectivity index (χ3n) is 16.6. The van der Waals surface area contributed by atoms with Crippen LogP contribution in [-0.2, 0) is 0 Å². The van der Waals surface area contributed by atoms with E-state index in [4.69, 9.17) is 0 Å². The fourth-order valence-electron chi connectivity index (χ4n) is 13.3. The second kappa shape index (κ2) is 16.8. The molecule has 2 aromatic heterocycles. The van der Waals surface area contributed by atoms with Crippen molar-refractivity contribution >= 4 is 123 Å². The van der Waals surface area contributed by atoms with Crippen LogP contribution in [0.4, 0.5) is 0 Å². The number of rotatable bonds is 5. The summed E-state index contributed by atoms with van der Waals surface area (Å²) in [6.07, 6.45) is 0. The largest absolute Gasteiger partial charge is 0.309 e. The third-order valence-corrected chi connectivity index (χ3v) is 18.9. The topological polar surface area (TPSA) is 9.86 Å². The Morgan fingerprint density at radius 2 is 0.649 bits per heavy atom. The number of aromatic nitrogens is 2. The fourth-order valence-corrected chi connectivity index (χ4v) is 15.9. The minimum absolute atomic E-state index is 0.0636. The average Bonchev–Trinajstić information content (AvgIpc) is 4.05. The fraction of sp³-hybridized carbons (Fsp3) is 0. The molecule has 0 N–H and O–H groups in total. The van der Waals surface area contributed by atoms with Crippen molar-refractivity contribution < 1.29 is 0 Å². The van der Waals surface area contributed by atoms with E-state index in [0.717, 1.165) is 0 Å². The summed E-state index contributed by atoms with van der Waals surface area (Å²) in [6, 6.07) is 97.7. The Balaban J connectivity index is 0.872. The van der Waals surface area contributed by atoms with Gasteiger partial charge in [0.05, 0.1) is 22.1 Å². The van der Waals surface area contributed by atoms with Gasteiger partial charge < -0.3 is 9.13 Å². The molecule has 0 bridgehead atoms. The van der Waals surface area contributed by atoms with Crippen LogP contribution in [0.15, 0.2) is 280 Å². The van der Waals surface area contributed by atoms with Crippen LogP contribution in [0, 0.1) is 0 Å². The number of fused-ring (bicyclic) bond motifs is 13. The highest BCUT2D eigenvalue weighted by atomic mass is 32.2. The molecule has 5 heteroatoms. The predicted molar refractivity (Wildman–Crippen MR) is 330 cm³/mol. The van der Waals surface area contributed by atoms with Gasteiger partial charge in [0.25, 0.3) is 0 Å². The van der Waals surface area contributed by atoms with Gasteiger partial charge in [-0.3, -0.25) is 0 Å². The molecule has 356 valence electrons. The lowest BCUT2D eigenvalue weighted by Gasteiger charge is -2.34. The van der Waals surface area contributed by atoms with E-state index >= 15 is 0 Å². The highest BCUT2D eigenvalue weighted by Crippen LogP contribution is 2.48. The van der Waals surface area contributed by atoms with E-state index in [0.29, 0.717) is 0 Å². The normalized spacial score (nSPS) is 12.8. The van der Waals surface area contributed by atoms with Crippen LogP contribution >= 0.6 is 23.5 Å². The number of para-hydroxylation sites is 4. The maximum Gasteiger partial charge on any atom is 0.247 e. The molecule has 17 rings (SSSR count). The summed E-state index contributed by atoms with van der Waals surface area (Å²) in [5.41, 5.74) is 18.9. The van der Waals surface area contributed by atoms with Crippen molar-refractivity contribution in [3.8, 4) is 44.8 Å². The van der Waals surface area contributed by atoms with Crippen LogP contribution in [0.3, 0.4) is 0 Å². The molecule has 2 aliphatic rings. The van der Waals surface area contributed by atoms with Crippen molar-refractivity contribution in [2.24, 2.45) is 0 Å². The van der Waals surface area contributed by atoms with Crippen molar-refractivity contribution in [1.29, 1.82) is 0 Å². The lowest BCUT2D eigenvalue weighted by Crippen LogP contribution is -2.58. The Hall–Kier alpha value is -9.00. The first kappa shape index (κ1) is 43.3. The Morgan fingerprint density at radius 3 is 1.12 bits per heavy atom. The van der Waals surface area contributed by atoms with E-state index in [2.05, 4.69) is 270 Å². The number of hydrogen-bond acceptors (Lipinski definition) is 2. The van der Waals surface area contributed by atoms with E-state index in [9.17, 15) is 0 Å². The maximum atomic E-state index is 2.53. The zero-order chi connectivity index (χ0) is 50.3. The smallest absolute Gasteiger partial charge is 0.247 e. The number of hydrogen-bond donors (Lipinski definition) is 0. The summed E-state index contributed by atoms with van der Waals surface area (Å²) in [7, 11) is 0. The first-order chi connectivity index (χ1) is 38.2. The maximum absolute atomic E-state index is 2.53. The van der Waals surface area contributed by atoms with Gasteiger partial charge in [-0.25, -0.2) is 0 Å². The Bertz CT molecular complexity index is 4650. The quantitative estimate of drug-likeness (QED) is 0.126. The predicted octanol–water partition coefficient (Wildman–Crippen LogP) is 17.8. The average molecular weight is 1010 g/mol. The standard InChI is InChI=1S/C72H43BN2S2/c1-2-18-50-44(16-1)17-15-27-51(50)45-32-34-46(35-33-45)70-56-23-3-5-25-58(56)71(59-26-6-4-24-57(59)70)47-40-68-72-69(41-47)77-67-43-49(75-64-30-13-9-21-54(64)55-22-10-14-31-65(55)75)37-39-61(67)73(72)60-38-36-48(42-66(60)76-68)74-62-28-11-7-19-52(62)53-20-8-12-29-63(53)74/h1-43H. The molecule has 0 fully saturated rings. The molecule has 0 amide bonds. The lowest BCUT2D eigenvalue weighted by atomic mass is 9.36. The first-order valence-electron chi connectivity index (χ1n) is 26.5. The molecular formula is C72H43BN2S2. The van der Waals surface area contributed by atoms with Gasteiger partial charge in [-0.05, 0) is 132 Å². The minimum Gasteiger partial charge on any atom is -0.309 e. The van der Waals surface area contributed by atoms with Crippen molar-refractivity contribution in [2.75, 3.05) is 0 Å². The molecule has 13 aromatic carbocycles. The minimum atomic E-state index is 0.0636. The van der Waals surface area contributed by atoms with Crippen LogP contribution < -0.4 is 16.4 Å². The van der Waals surface area contributed by atoms with E-state index in [1.165, 1.54) is 157 Å². The van der Waals surface area contributed by atoms with Crippen molar-refractivity contribution in [1.82, 2.24) is 9.13 Å². The molecule has 0 aliphatic carbocycles. The summed E-state index contributed by atoms with van der Waals surface area (Å²) in [5, 5.41) is 12.6. The van der Waals surface area contributed by atoms with E-state index < -0.39 is 0 Å². The molecule has 0 atom stereocenters. The van der Waals surface area contributed by atoms with Crippen LogP contribution in [-0.4, -0.2) is 15.8 Å². The van der Waals surface area contributed by atoms with E-state index in [1.807, 2.05) is 23.5 Å². The summed E-state index contributed by atoms with van der Waals surface area (Å²) >= 11 is 3.88. The molecular weight excluding hydrogens is 968 g/mol. The molecule has 0 spiro atoms. The molecule has 2 aliphatic heterocycles. The van der Waals surface area contributed by atoms with E-state index in [-0.39, 0.29) is 6.71 Å². The SMILES string of the molecule is c1ccc2c(-c3ccc(-c4c5ccccc5c(-c5cc6c7c(c5)Sc5cc(-n8c9ccccc9c9ccccc98)ccc5B7c5ccc(-n7c8ccccc8c8ccccc87)cc5S6)c5ccccc45)cc3)cccc2c1. The van der Waals surface area contributed by atoms with Gasteiger partial charge in [-0.2, -0.15) is 0 Å². The second-order valence-electron chi connectivity index (χ2n) is 20.7. The van der Waals surface area contributed by atoms with Gasteiger partial charge in [0.1, 0.15) is 0 Å². The van der Waals surface area contributed by atoms with Gasteiger partial charge in [0.15, 0.2) is 0 Å².